The molecule has 1 fully saturated rings. The molecule has 0 spiro atoms. The van der Waals surface area contributed by atoms with Gasteiger partial charge < -0.3 is 20.1 Å². The Morgan fingerprint density at radius 2 is 1.76 bits per heavy atom. The number of carboxylic acid groups (broad SMARTS) is 2. The first-order chi connectivity index (χ1) is 13.6. The van der Waals surface area contributed by atoms with Gasteiger partial charge in [-0.15, -0.1) is 0 Å². The van der Waals surface area contributed by atoms with Crippen molar-refractivity contribution in [2.45, 2.75) is 25.0 Å². The molecule has 1 saturated heterocycles. The second kappa shape index (κ2) is 9.86. The van der Waals surface area contributed by atoms with E-state index in [1.54, 1.807) is 4.31 Å². The highest BCUT2D eigenvalue weighted by atomic mass is 32.2. The first kappa shape index (κ1) is 22.9. The average molecular weight is 426 g/mol. The Hall–Kier alpha value is -2.43. The smallest absolute Gasteiger partial charge is 0.414 e. The number of carboxylic acids is 2. The number of H-pyrrole nitrogens is 1. The number of hydrogen-bond donors (Lipinski definition) is 3. The number of sulfonamides is 1. The maximum atomic E-state index is 12.5. The van der Waals surface area contributed by atoms with Crippen molar-refractivity contribution < 1.29 is 28.2 Å². The molecule has 1 aromatic carbocycles. The minimum atomic E-state index is -3.19. The number of benzene rings is 1. The van der Waals surface area contributed by atoms with E-state index in [0.29, 0.717) is 13.1 Å². The maximum Gasteiger partial charge on any atom is 0.414 e. The summed E-state index contributed by atoms with van der Waals surface area (Å²) in [6.07, 6.45) is 4.94. The van der Waals surface area contributed by atoms with Crippen molar-refractivity contribution in [3.8, 4) is 0 Å². The van der Waals surface area contributed by atoms with E-state index in [0.717, 1.165) is 42.3 Å². The lowest BCUT2D eigenvalue weighted by Crippen LogP contribution is -2.29. The van der Waals surface area contributed by atoms with Crippen LogP contribution in [0.3, 0.4) is 0 Å². The molecular formula is C19H27N3O6S. The molecule has 3 rings (SSSR count). The number of fused-ring (bicyclic) bond motifs is 1. The van der Waals surface area contributed by atoms with E-state index in [1.165, 1.54) is 5.56 Å². The summed E-state index contributed by atoms with van der Waals surface area (Å²) in [6, 6.07) is 5.94. The second-order valence-electron chi connectivity index (χ2n) is 7.22. The summed E-state index contributed by atoms with van der Waals surface area (Å²) < 4.78 is 26.6. The summed E-state index contributed by atoms with van der Waals surface area (Å²) in [7, 11) is 0.928. The zero-order valence-electron chi connectivity index (χ0n) is 16.6. The molecule has 0 radical (unpaired) electrons. The summed E-state index contributed by atoms with van der Waals surface area (Å²) in [5.41, 5.74) is 3.19. The molecule has 9 nitrogen and oxygen atoms in total. The van der Waals surface area contributed by atoms with Crippen molar-refractivity contribution in [1.29, 1.82) is 0 Å². The van der Waals surface area contributed by atoms with Gasteiger partial charge in [-0.25, -0.2) is 22.3 Å². The van der Waals surface area contributed by atoms with Crippen LogP contribution in [-0.4, -0.2) is 78.5 Å². The molecular weight excluding hydrogens is 398 g/mol. The van der Waals surface area contributed by atoms with Crippen molar-refractivity contribution in [3.05, 3.63) is 35.5 Å². The Kier molecular flexibility index (Phi) is 7.77. The van der Waals surface area contributed by atoms with Gasteiger partial charge in [-0.1, -0.05) is 6.07 Å². The second-order valence-corrected chi connectivity index (χ2v) is 9.19. The van der Waals surface area contributed by atoms with Crippen LogP contribution in [0.5, 0.6) is 0 Å². The van der Waals surface area contributed by atoms with Crippen LogP contribution in [0.2, 0.25) is 0 Å². The average Bonchev–Trinajstić information content (AvgIpc) is 3.30. The van der Waals surface area contributed by atoms with Gasteiger partial charge in [0, 0.05) is 36.7 Å². The summed E-state index contributed by atoms with van der Waals surface area (Å²) >= 11 is 0. The molecule has 3 N–H and O–H groups in total. The molecule has 1 aliphatic heterocycles. The zero-order chi connectivity index (χ0) is 21.6. The lowest BCUT2D eigenvalue weighted by molar-refractivity contribution is -0.159. The van der Waals surface area contributed by atoms with Crippen molar-refractivity contribution >= 4 is 32.9 Å². The summed E-state index contributed by atoms with van der Waals surface area (Å²) in [6.45, 7) is 2.31. The Morgan fingerprint density at radius 1 is 1.14 bits per heavy atom. The number of likely N-dealkylation sites (N-methyl/N-ethyl adjacent to an activating group) is 1. The van der Waals surface area contributed by atoms with E-state index >= 15 is 0 Å². The highest BCUT2D eigenvalue weighted by molar-refractivity contribution is 7.88. The fourth-order valence-electron chi connectivity index (χ4n) is 3.13. The quantitative estimate of drug-likeness (QED) is 0.596. The number of aromatic nitrogens is 1. The third kappa shape index (κ3) is 6.55. The number of aromatic amines is 1. The van der Waals surface area contributed by atoms with Crippen LogP contribution in [0.25, 0.3) is 10.9 Å². The minimum absolute atomic E-state index is 0.0985. The normalized spacial score (nSPS) is 14.7. The van der Waals surface area contributed by atoms with Gasteiger partial charge in [-0.2, -0.15) is 0 Å². The maximum absolute atomic E-state index is 12.5. The van der Waals surface area contributed by atoms with Gasteiger partial charge in [0.1, 0.15) is 0 Å². The first-order valence-corrected chi connectivity index (χ1v) is 10.9. The topological polar surface area (TPSA) is 131 Å². The fourth-order valence-corrected chi connectivity index (χ4v) is 4.73. The van der Waals surface area contributed by atoms with E-state index in [9.17, 15) is 8.42 Å². The monoisotopic (exact) mass is 425 g/mol. The fraction of sp³-hybridized carbons (Fsp3) is 0.474. The molecule has 10 heteroatoms. The number of carbonyl (C=O) groups is 2. The predicted octanol–water partition coefficient (Wildman–Crippen LogP) is 1.35. The van der Waals surface area contributed by atoms with Gasteiger partial charge in [0.15, 0.2) is 0 Å². The number of nitrogens with one attached hydrogen (secondary N) is 1. The van der Waals surface area contributed by atoms with Crippen LogP contribution in [0.4, 0.5) is 0 Å². The molecule has 0 bridgehead atoms. The van der Waals surface area contributed by atoms with E-state index in [4.69, 9.17) is 19.8 Å². The van der Waals surface area contributed by atoms with Crippen molar-refractivity contribution in [3.63, 3.8) is 0 Å². The van der Waals surface area contributed by atoms with Gasteiger partial charge >= 0.3 is 11.9 Å². The summed E-state index contributed by atoms with van der Waals surface area (Å²) in [4.78, 5) is 23.6. The number of nitrogens with zero attached hydrogens (tertiary/aromatic N) is 2. The van der Waals surface area contributed by atoms with E-state index < -0.39 is 22.0 Å². The minimum Gasteiger partial charge on any atom is -0.473 e. The molecule has 0 atom stereocenters. The molecule has 0 amide bonds. The highest BCUT2D eigenvalue weighted by Gasteiger charge is 2.25. The summed E-state index contributed by atoms with van der Waals surface area (Å²) in [5, 5.41) is 15.9. The molecule has 0 aliphatic carbocycles. The van der Waals surface area contributed by atoms with Gasteiger partial charge in [-0.3, -0.25) is 0 Å². The molecule has 0 unspecified atom stereocenters. The van der Waals surface area contributed by atoms with Gasteiger partial charge in [-0.05, 0) is 56.6 Å². The zero-order valence-corrected chi connectivity index (χ0v) is 17.4. The van der Waals surface area contributed by atoms with Crippen LogP contribution < -0.4 is 0 Å². The van der Waals surface area contributed by atoms with Crippen LogP contribution in [-0.2, 0) is 31.8 Å². The van der Waals surface area contributed by atoms with E-state index in [-0.39, 0.29) is 5.75 Å². The van der Waals surface area contributed by atoms with Crippen LogP contribution in [0.1, 0.15) is 24.0 Å². The molecule has 2 heterocycles. The molecule has 2 aromatic rings. The Bertz CT molecular complexity index is 949. The van der Waals surface area contributed by atoms with E-state index in [2.05, 4.69) is 24.0 Å². The first-order valence-electron chi connectivity index (χ1n) is 9.28. The number of rotatable bonds is 6. The lowest BCUT2D eigenvalue weighted by Gasteiger charge is -2.15. The summed E-state index contributed by atoms with van der Waals surface area (Å²) in [5.74, 6) is -3.55. The van der Waals surface area contributed by atoms with E-state index in [1.807, 2.05) is 24.4 Å². The number of aliphatic carboxylic acids is 2. The Balaban J connectivity index is 0.000000438. The van der Waals surface area contributed by atoms with Crippen LogP contribution in [0.15, 0.2) is 24.4 Å². The van der Waals surface area contributed by atoms with Gasteiger partial charge in [0.05, 0.1) is 5.75 Å². The van der Waals surface area contributed by atoms with Gasteiger partial charge in [0.2, 0.25) is 10.0 Å². The molecule has 1 aliphatic rings. The lowest BCUT2D eigenvalue weighted by atomic mass is 10.1. The standard InChI is InChI=1S/C17H25N3O2S.C2H2O4/c1-19(2)10-7-15-12-18-17-6-5-14(11-16(15)17)13-23(21,22)20-8-3-4-9-20;3-1(4)2(5)6/h5-6,11-12,18H,3-4,7-10,13H2,1-2H3;(H,3,4)(H,5,6). The van der Waals surface area contributed by atoms with Crippen molar-refractivity contribution in [1.82, 2.24) is 14.2 Å². The molecule has 1 aromatic heterocycles. The molecule has 160 valence electrons. The number of hydrogen-bond acceptors (Lipinski definition) is 5. The Labute approximate surface area is 170 Å². The van der Waals surface area contributed by atoms with Crippen molar-refractivity contribution in [2.75, 3.05) is 33.7 Å². The third-order valence-electron chi connectivity index (χ3n) is 4.65. The third-order valence-corrected chi connectivity index (χ3v) is 6.50. The Morgan fingerprint density at radius 3 is 2.31 bits per heavy atom. The highest BCUT2D eigenvalue weighted by Crippen LogP contribution is 2.23. The van der Waals surface area contributed by atoms with Gasteiger partial charge in [0.25, 0.3) is 0 Å². The van der Waals surface area contributed by atoms with Crippen LogP contribution >= 0.6 is 0 Å². The molecule has 0 saturated carbocycles. The van der Waals surface area contributed by atoms with Crippen molar-refractivity contribution in [2.24, 2.45) is 0 Å². The molecule has 29 heavy (non-hydrogen) atoms. The largest absolute Gasteiger partial charge is 0.473 e. The predicted molar refractivity (Wildman–Crippen MR) is 109 cm³/mol. The SMILES string of the molecule is CN(C)CCc1c[nH]c2ccc(CS(=O)(=O)N3CCCC3)cc12.O=C(O)C(=O)O. The van der Waals surface area contributed by atoms with Crippen LogP contribution in [0, 0.1) is 0 Å².